The van der Waals surface area contributed by atoms with Crippen molar-refractivity contribution in [3.8, 4) is 0 Å². The summed E-state index contributed by atoms with van der Waals surface area (Å²) in [5, 5.41) is 0. The number of hydrogen-bond acceptors (Lipinski definition) is 4. The van der Waals surface area contributed by atoms with Crippen LogP contribution in [0.3, 0.4) is 0 Å². The normalized spacial score (nSPS) is 18.3. The molecule has 1 aromatic heterocycles. The zero-order valence-corrected chi connectivity index (χ0v) is 12.3. The molecule has 1 atom stereocenters. The number of rotatable bonds is 5. The van der Waals surface area contributed by atoms with Crippen LogP contribution in [0.4, 0.5) is 5.82 Å². The Morgan fingerprint density at radius 1 is 1.37 bits per heavy atom. The van der Waals surface area contributed by atoms with Crippen molar-refractivity contribution < 1.29 is 0 Å². The predicted molar refractivity (Wildman–Crippen MR) is 83.5 cm³/mol. The second-order valence-corrected chi connectivity index (χ2v) is 5.39. The monoisotopic (exact) mass is 278 g/mol. The Morgan fingerprint density at radius 2 is 2.11 bits per heavy atom. The van der Waals surface area contributed by atoms with Gasteiger partial charge in [-0.1, -0.05) is 31.6 Å². The van der Waals surface area contributed by atoms with Crippen molar-refractivity contribution in [2.75, 3.05) is 31.1 Å². The van der Waals surface area contributed by atoms with Gasteiger partial charge >= 0.3 is 0 Å². The Kier molecular flexibility index (Phi) is 5.10. The van der Waals surface area contributed by atoms with E-state index < -0.39 is 0 Å². The van der Waals surface area contributed by atoms with Gasteiger partial charge in [0.2, 0.25) is 0 Å². The fraction of sp³-hybridized carbons (Fsp3) is 0.571. The molecular formula is C14H22N4S. The summed E-state index contributed by atoms with van der Waals surface area (Å²) in [7, 11) is 0. The highest BCUT2D eigenvalue weighted by Crippen LogP contribution is 2.16. The summed E-state index contributed by atoms with van der Waals surface area (Å²) in [6, 6.07) is 6.30. The van der Waals surface area contributed by atoms with Crippen molar-refractivity contribution >= 4 is 23.0 Å². The Morgan fingerprint density at radius 3 is 2.63 bits per heavy atom. The molecule has 19 heavy (non-hydrogen) atoms. The molecule has 0 aromatic carbocycles. The first kappa shape index (κ1) is 14.2. The first-order valence-electron chi connectivity index (χ1n) is 6.91. The summed E-state index contributed by atoms with van der Waals surface area (Å²) in [6.45, 7) is 6.15. The molecule has 0 bridgehead atoms. The van der Waals surface area contributed by atoms with Crippen molar-refractivity contribution in [1.29, 1.82) is 0 Å². The Labute approximate surface area is 120 Å². The first-order chi connectivity index (χ1) is 9.22. The maximum Gasteiger partial charge on any atom is 0.128 e. The van der Waals surface area contributed by atoms with Gasteiger partial charge in [-0.05, 0) is 18.6 Å². The van der Waals surface area contributed by atoms with E-state index in [4.69, 9.17) is 18.0 Å². The third kappa shape index (κ3) is 3.64. The van der Waals surface area contributed by atoms with Crippen LogP contribution >= 0.6 is 12.2 Å². The number of piperazine rings is 1. The van der Waals surface area contributed by atoms with E-state index in [2.05, 4.69) is 27.8 Å². The zero-order chi connectivity index (χ0) is 13.7. The number of thiocarbonyl (C=S) groups is 1. The van der Waals surface area contributed by atoms with Gasteiger partial charge in [-0.2, -0.15) is 0 Å². The van der Waals surface area contributed by atoms with E-state index in [-0.39, 0.29) is 6.04 Å². The maximum atomic E-state index is 5.86. The van der Waals surface area contributed by atoms with E-state index in [1.165, 1.54) is 0 Å². The van der Waals surface area contributed by atoms with Gasteiger partial charge in [0, 0.05) is 32.4 Å². The molecule has 2 heterocycles. The molecule has 104 valence electrons. The van der Waals surface area contributed by atoms with Crippen LogP contribution in [0.5, 0.6) is 0 Å². The molecule has 1 aromatic rings. The van der Waals surface area contributed by atoms with E-state index in [1.807, 2.05) is 18.3 Å². The molecule has 0 aliphatic carbocycles. The van der Waals surface area contributed by atoms with Crippen LogP contribution < -0.4 is 10.6 Å². The van der Waals surface area contributed by atoms with Crippen LogP contribution in [0.25, 0.3) is 0 Å². The molecule has 1 unspecified atom stereocenters. The quantitative estimate of drug-likeness (QED) is 0.830. The van der Waals surface area contributed by atoms with Crippen LogP contribution in [0.2, 0.25) is 0 Å². The highest BCUT2D eigenvalue weighted by molar-refractivity contribution is 7.80. The minimum atomic E-state index is 0.255. The number of aromatic nitrogens is 1. The number of anilines is 1. The number of hydrogen-bond donors (Lipinski definition) is 1. The molecule has 5 heteroatoms. The molecule has 0 spiro atoms. The van der Waals surface area contributed by atoms with Gasteiger partial charge in [0.15, 0.2) is 0 Å². The summed E-state index contributed by atoms with van der Waals surface area (Å²) >= 11 is 5.20. The molecule has 1 aliphatic heterocycles. The topological polar surface area (TPSA) is 45.4 Å². The standard InChI is InChI=1S/C14H22N4S/c1-2-5-12(14(15)19)17-8-10-18(11-9-17)13-6-3-4-7-16-13/h3-4,6-7,12H,2,5,8-11H2,1H3,(H2,15,19). The van der Waals surface area contributed by atoms with Gasteiger partial charge in [-0.25, -0.2) is 4.98 Å². The van der Waals surface area contributed by atoms with Crippen molar-refractivity contribution in [1.82, 2.24) is 9.88 Å². The molecule has 0 radical (unpaired) electrons. The average Bonchev–Trinajstić information content (AvgIpc) is 2.46. The summed E-state index contributed by atoms with van der Waals surface area (Å²) in [5.74, 6) is 1.06. The highest BCUT2D eigenvalue weighted by Gasteiger charge is 2.25. The molecule has 1 fully saturated rings. The summed E-state index contributed by atoms with van der Waals surface area (Å²) in [4.78, 5) is 9.76. The number of nitrogens with zero attached hydrogens (tertiary/aromatic N) is 3. The lowest BCUT2D eigenvalue weighted by Gasteiger charge is -2.39. The van der Waals surface area contributed by atoms with Crippen LogP contribution in [0.15, 0.2) is 24.4 Å². The molecule has 2 rings (SSSR count). The van der Waals surface area contributed by atoms with Gasteiger partial charge in [0.05, 0.1) is 11.0 Å². The van der Waals surface area contributed by atoms with Crippen LogP contribution in [0, 0.1) is 0 Å². The van der Waals surface area contributed by atoms with E-state index in [1.54, 1.807) is 0 Å². The van der Waals surface area contributed by atoms with Crippen LogP contribution in [-0.2, 0) is 0 Å². The van der Waals surface area contributed by atoms with E-state index in [0.717, 1.165) is 44.8 Å². The van der Waals surface area contributed by atoms with Gasteiger partial charge < -0.3 is 10.6 Å². The predicted octanol–water partition coefficient (Wildman–Crippen LogP) is 1.66. The molecule has 0 saturated carbocycles. The number of nitrogens with two attached hydrogens (primary N) is 1. The van der Waals surface area contributed by atoms with E-state index in [9.17, 15) is 0 Å². The number of pyridine rings is 1. The van der Waals surface area contributed by atoms with Crippen molar-refractivity contribution in [2.45, 2.75) is 25.8 Å². The minimum absolute atomic E-state index is 0.255. The summed E-state index contributed by atoms with van der Waals surface area (Å²) < 4.78 is 0. The Hall–Kier alpha value is -1.20. The molecule has 1 saturated heterocycles. The van der Waals surface area contributed by atoms with E-state index in [0.29, 0.717) is 4.99 Å². The van der Waals surface area contributed by atoms with Crippen LogP contribution in [-0.4, -0.2) is 47.1 Å². The van der Waals surface area contributed by atoms with Gasteiger partial charge in [-0.15, -0.1) is 0 Å². The first-order valence-corrected chi connectivity index (χ1v) is 7.32. The Balaban J connectivity index is 1.93. The Bertz CT molecular complexity index is 401. The lowest BCUT2D eigenvalue weighted by Crippen LogP contribution is -2.53. The maximum absolute atomic E-state index is 5.86. The second kappa shape index (κ2) is 6.82. The third-order valence-electron chi connectivity index (χ3n) is 3.62. The molecule has 1 aliphatic rings. The molecular weight excluding hydrogens is 256 g/mol. The minimum Gasteiger partial charge on any atom is -0.392 e. The lowest BCUT2D eigenvalue weighted by atomic mass is 10.1. The average molecular weight is 278 g/mol. The summed E-state index contributed by atoms with van der Waals surface area (Å²) in [6.07, 6.45) is 4.01. The molecule has 0 amide bonds. The van der Waals surface area contributed by atoms with Crippen molar-refractivity contribution in [3.63, 3.8) is 0 Å². The summed E-state index contributed by atoms with van der Waals surface area (Å²) in [5.41, 5.74) is 5.86. The van der Waals surface area contributed by atoms with Crippen molar-refractivity contribution in [2.24, 2.45) is 5.73 Å². The van der Waals surface area contributed by atoms with E-state index >= 15 is 0 Å². The second-order valence-electron chi connectivity index (χ2n) is 4.92. The lowest BCUT2D eigenvalue weighted by molar-refractivity contribution is 0.219. The largest absolute Gasteiger partial charge is 0.392 e. The molecule has 4 nitrogen and oxygen atoms in total. The van der Waals surface area contributed by atoms with Crippen LogP contribution in [0.1, 0.15) is 19.8 Å². The highest BCUT2D eigenvalue weighted by atomic mass is 32.1. The van der Waals surface area contributed by atoms with Gasteiger partial charge in [0.1, 0.15) is 5.82 Å². The SMILES string of the molecule is CCCC(C(N)=S)N1CCN(c2ccccn2)CC1. The molecule has 2 N–H and O–H groups in total. The zero-order valence-electron chi connectivity index (χ0n) is 11.5. The fourth-order valence-electron chi connectivity index (χ4n) is 2.58. The van der Waals surface area contributed by atoms with Gasteiger partial charge in [0.25, 0.3) is 0 Å². The smallest absolute Gasteiger partial charge is 0.128 e. The van der Waals surface area contributed by atoms with Gasteiger partial charge in [-0.3, -0.25) is 4.90 Å². The third-order valence-corrected chi connectivity index (χ3v) is 3.89. The van der Waals surface area contributed by atoms with Crippen molar-refractivity contribution in [3.05, 3.63) is 24.4 Å². The fourth-order valence-corrected chi connectivity index (χ4v) is 2.85.